The van der Waals surface area contributed by atoms with Crippen LogP contribution in [0.1, 0.15) is 18.4 Å². The molecule has 0 fully saturated rings. The summed E-state index contributed by atoms with van der Waals surface area (Å²) in [7, 11) is 0. The van der Waals surface area contributed by atoms with Gasteiger partial charge in [0.2, 0.25) is 0 Å². The Hall–Kier alpha value is -1.66. The van der Waals surface area contributed by atoms with Gasteiger partial charge in [-0.1, -0.05) is 5.21 Å². The molecule has 0 bridgehead atoms. The number of furan rings is 1. The molecule has 0 amide bonds. The largest absolute Gasteiger partial charge is 0.469 e. The van der Waals surface area contributed by atoms with E-state index in [1.165, 1.54) is 0 Å². The van der Waals surface area contributed by atoms with Gasteiger partial charge in [-0.05, 0) is 19.1 Å². The molecule has 0 saturated heterocycles. The molecule has 0 radical (unpaired) electrons. The number of nitrogens with zero attached hydrogens (tertiary/aromatic N) is 3. The highest BCUT2D eigenvalue weighted by Crippen LogP contribution is 2.04. The molecule has 0 aliphatic rings. The lowest BCUT2D eigenvalue weighted by molar-refractivity contribution is 0.455. The second kappa shape index (κ2) is 6.32. The third kappa shape index (κ3) is 3.68. The van der Waals surface area contributed by atoms with Crippen LogP contribution in [0.4, 0.5) is 0 Å². The van der Waals surface area contributed by atoms with Crippen molar-refractivity contribution in [2.24, 2.45) is 5.73 Å². The zero-order valence-corrected chi connectivity index (χ0v) is 10.5. The monoisotopic (exact) mass is 249 g/mol. The molecule has 2 rings (SSSR count). The predicted octanol–water partition coefficient (Wildman–Crippen LogP) is 0.551. The van der Waals surface area contributed by atoms with Crippen LogP contribution in [0, 0.1) is 0 Å². The number of nitrogens with one attached hydrogen (secondary N) is 1. The Labute approximate surface area is 106 Å². The Morgan fingerprint density at radius 3 is 3.17 bits per heavy atom. The van der Waals surface area contributed by atoms with Crippen LogP contribution < -0.4 is 11.1 Å². The summed E-state index contributed by atoms with van der Waals surface area (Å²) in [4.78, 5) is 0. The number of rotatable bonds is 7. The molecule has 0 aromatic carbocycles. The fourth-order valence-electron chi connectivity index (χ4n) is 1.74. The maximum Gasteiger partial charge on any atom is 0.105 e. The summed E-state index contributed by atoms with van der Waals surface area (Å²) in [5.74, 6) is 0.988. The molecule has 0 aliphatic heterocycles. The fraction of sp³-hybridized carbons (Fsp3) is 0.500. The molecule has 1 atom stereocenters. The van der Waals surface area contributed by atoms with Gasteiger partial charge in [-0.15, -0.1) is 5.10 Å². The van der Waals surface area contributed by atoms with Gasteiger partial charge in [-0.3, -0.25) is 4.68 Å². The van der Waals surface area contributed by atoms with Gasteiger partial charge in [0.15, 0.2) is 0 Å². The molecule has 3 N–H and O–H groups in total. The molecule has 1 unspecified atom stereocenters. The Bertz CT molecular complexity index is 451. The Morgan fingerprint density at radius 2 is 2.44 bits per heavy atom. The van der Waals surface area contributed by atoms with Crippen molar-refractivity contribution >= 4 is 0 Å². The molecular formula is C12H19N5O. The van der Waals surface area contributed by atoms with Crippen LogP contribution in [0.15, 0.2) is 29.0 Å². The summed E-state index contributed by atoms with van der Waals surface area (Å²) in [5, 5.41) is 11.4. The topological polar surface area (TPSA) is 81.9 Å². The third-order valence-corrected chi connectivity index (χ3v) is 2.66. The standard InChI is InChI=1S/C12H19N5O/c1-10(7-12-3-2-6-18-12)14-8-11-9-17(5-4-13)16-15-11/h2-3,6,9-10,14H,4-5,7-8,13H2,1H3. The molecule has 0 saturated carbocycles. The maximum absolute atomic E-state index is 5.45. The van der Waals surface area contributed by atoms with Crippen LogP contribution in [-0.2, 0) is 19.5 Å². The first kappa shape index (κ1) is 12.8. The van der Waals surface area contributed by atoms with Gasteiger partial charge >= 0.3 is 0 Å². The fourth-order valence-corrected chi connectivity index (χ4v) is 1.74. The van der Waals surface area contributed by atoms with Gasteiger partial charge in [0, 0.05) is 31.7 Å². The number of hydrogen-bond acceptors (Lipinski definition) is 5. The van der Waals surface area contributed by atoms with E-state index in [9.17, 15) is 0 Å². The first-order valence-corrected chi connectivity index (χ1v) is 6.13. The van der Waals surface area contributed by atoms with Crippen molar-refractivity contribution in [1.82, 2.24) is 20.3 Å². The van der Waals surface area contributed by atoms with Gasteiger partial charge in [-0.2, -0.15) is 0 Å². The lowest BCUT2D eigenvalue weighted by Gasteiger charge is -2.10. The summed E-state index contributed by atoms with van der Waals surface area (Å²) in [5.41, 5.74) is 6.38. The molecule has 2 aromatic rings. The molecule has 0 spiro atoms. The molecule has 2 aromatic heterocycles. The summed E-state index contributed by atoms with van der Waals surface area (Å²) in [6, 6.07) is 4.21. The van der Waals surface area contributed by atoms with Crippen molar-refractivity contribution in [2.75, 3.05) is 6.54 Å². The zero-order valence-electron chi connectivity index (χ0n) is 10.5. The SMILES string of the molecule is CC(Cc1ccco1)NCc1cn(CCN)nn1. The van der Waals surface area contributed by atoms with E-state index in [2.05, 4.69) is 22.6 Å². The summed E-state index contributed by atoms with van der Waals surface area (Å²) < 4.78 is 7.06. The Balaban J connectivity index is 1.76. The number of hydrogen-bond donors (Lipinski definition) is 2. The van der Waals surface area contributed by atoms with E-state index >= 15 is 0 Å². The highest BCUT2D eigenvalue weighted by molar-refractivity contribution is 5.00. The normalized spacial score (nSPS) is 12.8. The second-order valence-corrected chi connectivity index (χ2v) is 4.33. The van der Waals surface area contributed by atoms with Crippen molar-refractivity contribution < 1.29 is 4.42 Å². The molecular weight excluding hydrogens is 230 g/mol. The molecule has 18 heavy (non-hydrogen) atoms. The van der Waals surface area contributed by atoms with Gasteiger partial charge in [-0.25, -0.2) is 0 Å². The average molecular weight is 249 g/mol. The average Bonchev–Trinajstić information content (AvgIpc) is 2.99. The minimum atomic E-state index is 0.329. The van der Waals surface area contributed by atoms with E-state index in [1.807, 2.05) is 18.3 Å². The Morgan fingerprint density at radius 1 is 1.56 bits per heavy atom. The van der Waals surface area contributed by atoms with Crippen molar-refractivity contribution in [3.05, 3.63) is 36.0 Å². The summed E-state index contributed by atoms with van der Waals surface area (Å²) in [6.07, 6.45) is 4.48. The van der Waals surface area contributed by atoms with Crippen molar-refractivity contribution in [2.45, 2.75) is 32.5 Å². The van der Waals surface area contributed by atoms with Crippen LogP contribution in [0.2, 0.25) is 0 Å². The quantitative estimate of drug-likeness (QED) is 0.749. The van der Waals surface area contributed by atoms with E-state index in [1.54, 1.807) is 10.9 Å². The van der Waals surface area contributed by atoms with E-state index in [-0.39, 0.29) is 0 Å². The first-order valence-electron chi connectivity index (χ1n) is 6.13. The van der Waals surface area contributed by atoms with Gasteiger partial charge in [0.25, 0.3) is 0 Å². The van der Waals surface area contributed by atoms with E-state index in [0.717, 1.165) is 17.9 Å². The van der Waals surface area contributed by atoms with Crippen molar-refractivity contribution in [3.63, 3.8) is 0 Å². The Kier molecular flexibility index (Phi) is 4.49. The lowest BCUT2D eigenvalue weighted by atomic mass is 10.2. The minimum Gasteiger partial charge on any atom is -0.469 e. The summed E-state index contributed by atoms with van der Waals surface area (Å²) in [6.45, 7) is 4.10. The third-order valence-electron chi connectivity index (χ3n) is 2.66. The second-order valence-electron chi connectivity index (χ2n) is 4.33. The highest BCUT2D eigenvalue weighted by atomic mass is 16.3. The maximum atomic E-state index is 5.45. The van der Waals surface area contributed by atoms with Gasteiger partial charge in [0.05, 0.1) is 18.5 Å². The van der Waals surface area contributed by atoms with Crippen LogP contribution in [0.3, 0.4) is 0 Å². The molecule has 98 valence electrons. The van der Waals surface area contributed by atoms with Gasteiger partial charge < -0.3 is 15.5 Å². The van der Waals surface area contributed by atoms with E-state index < -0.39 is 0 Å². The van der Waals surface area contributed by atoms with Crippen molar-refractivity contribution in [3.8, 4) is 0 Å². The minimum absolute atomic E-state index is 0.329. The molecule has 6 nitrogen and oxygen atoms in total. The van der Waals surface area contributed by atoms with Gasteiger partial charge in [0.1, 0.15) is 5.76 Å². The number of nitrogens with two attached hydrogens (primary N) is 1. The lowest BCUT2D eigenvalue weighted by Crippen LogP contribution is -2.27. The van der Waals surface area contributed by atoms with Crippen LogP contribution in [0.5, 0.6) is 0 Å². The number of aromatic nitrogens is 3. The molecule has 6 heteroatoms. The predicted molar refractivity (Wildman–Crippen MR) is 67.8 cm³/mol. The molecule has 2 heterocycles. The van der Waals surface area contributed by atoms with E-state index in [0.29, 0.717) is 25.7 Å². The van der Waals surface area contributed by atoms with Crippen LogP contribution >= 0.6 is 0 Å². The van der Waals surface area contributed by atoms with Crippen LogP contribution in [0.25, 0.3) is 0 Å². The van der Waals surface area contributed by atoms with Crippen LogP contribution in [-0.4, -0.2) is 27.6 Å². The van der Waals surface area contributed by atoms with Crippen molar-refractivity contribution in [1.29, 1.82) is 0 Å². The highest BCUT2D eigenvalue weighted by Gasteiger charge is 2.06. The van der Waals surface area contributed by atoms with E-state index in [4.69, 9.17) is 10.2 Å². The summed E-state index contributed by atoms with van der Waals surface area (Å²) >= 11 is 0. The zero-order chi connectivity index (χ0) is 12.8. The smallest absolute Gasteiger partial charge is 0.105 e. The molecule has 0 aliphatic carbocycles. The first-order chi connectivity index (χ1) is 8.78.